The molecule has 0 aliphatic heterocycles. The molecule has 1 saturated carbocycles. The van der Waals surface area contributed by atoms with Crippen molar-refractivity contribution < 1.29 is 14.7 Å². The fourth-order valence-electron chi connectivity index (χ4n) is 2.23. The first-order chi connectivity index (χ1) is 8.39. The summed E-state index contributed by atoms with van der Waals surface area (Å²) < 4.78 is 5.06. The molecule has 1 aliphatic carbocycles. The number of rotatable bonds is 3. The lowest BCUT2D eigenvalue weighted by molar-refractivity contribution is 0.103. The van der Waals surface area contributed by atoms with Gasteiger partial charge < -0.3 is 21.0 Å². The van der Waals surface area contributed by atoms with E-state index in [1.165, 1.54) is 0 Å². The van der Waals surface area contributed by atoms with Crippen molar-refractivity contribution in [1.29, 1.82) is 0 Å². The Bertz CT molecular complexity index is 321. The lowest BCUT2D eigenvalue weighted by atomic mass is 9.76. The van der Waals surface area contributed by atoms with Gasteiger partial charge in [-0.1, -0.05) is 12.1 Å². The van der Waals surface area contributed by atoms with Crippen molar-refractivity contribution in [3.63, 3.8) is 0 Å². The molecule has 0 aromatic carbocycles. The lowest BCUT2D eigenvalue weighted by Crippen LogP contribution is -2.59. The highest BCUT2D eigenvalue weighted by Crippen LogP contribution is 2.32. The number of ether oxygens (including phenoxy) is 1. The van der Waals surface area contributed by atoms with Crippen LogP contribution in [0.25, 0.3) is 0 Å². The number of carbonyl (C=O) groups excluding carboxylic acids is 1. The van der Waals surface area contributed by atoms with Crippen LogP contribution in [0.4, 0.5) is 4.79 Å². The first kappa shape index (κ1) is 14.6. The molecule has 6 heteroatoms. The van der Waals surface area contributed by atoms with E-state index in [-0.39, 0.29) is 11.9 Å². The first-order valence-corrected chi connectivity index (χ1v) is 6.36. The van der Waals surface area contributed by atoms with Crippen molar-refractivity contribution in [2.75, 3.05) is 0 Å². The normalized spacial score (nSPS) is 29.1. The fourth-order valence-corrected chi connectivity index (χ4v) is 2.23. The number of hydrogen-bond acceptors (Lipinski definition) is 4. The molecule has 1 amide bonds. The summed E-state index contributed by atoms with van der Waals surface area (Å²) in [5.74, 6) is 0.641. The highest BCUT2D eigenvalue weighted by Gasteiger charge is 2.40. The van der Waals surface area contributed by atoms with Crippen LogP contribution in [0.1, 0.15) is 46.5 Å². The Morgan fingerprint density at radius 2 is 2.06 bits per heavy atom. The Hall–Kier alpha value is -1.46. The Morgan fingerprint density at radius 3 is 2.50 bits per heavy atom. The van der Waals surface area contributed by atoms with Crippen LogP contribution in [-0.2, 0) is 4.74 Å². The molecule has 18 heavy (non-hydrogen) atoms. The molecule has 4 N–H and O–H groups in total. The van der Waals surface area contributed by atoms with Crippen molar-refractivity contribution >= 4 is 11.9 Å². The zero-order valence-electron chi connectivity index (χ0n) is 11.3. The van der Waals surface area contributed by atoms with Gasteiger partial charge in [-0.05, 0) is 45.4 Å². The molecule has 0 aromatic rings. The maximum Gasteiger partial charge on any atom is 0.408 e. The molecule has 1 aliphatic rings. The van der Waals surface area contributed by atoms with E-state index in [1.807, 2.05) is 0 Å². The summed E-state index contributed by atoms with van der Waals surface area (Å²) >= 11 is 0. The van der Waals surface area contributed by atoms with Crippen LogP contribution in [0, 0.1) is 5.92 Å². The van der Waals surface area contributed by atoms with E-state index >= 15 is 0 Å². The second-order valence-corrected chi connectivity index (χ2v) is 5.33. The smallest absolute Gasteiger partial charge is 0.408 e. The minimum absolute atomic E-state index is 0.0510. The van der Waals surface area contributed by atoms with Crippen molar-refractivity contribution in [3.8, 4) is 0 Å². The standard InChI is InChI=1S/C12H23N3O3/c1-8(2)18-11(16)14-12(10(13)15-17)6-4-9(3)5-7-12/h8-9,17H,4-7H2,1-3H3,(H2,13,15)(H,14,16). The maximum absolute atomic E-state index is 11.7. The molecule has 6 nitrogen and oxygen atoms in total. The molecule has 0 atom stereocenters. The van der Waals surface area contributed by atoms with Crippen LogP contribution in [0.15, 0.2) is 5.16 Å². The van der Waals surface area contributed by atoms with Gasteiger partial charge in [-0.15, -0.1) is 0 Å². The third-order valence-electron chi connectivity index (χ3n) is 3.41. The van der Waals surface area contributed by atoms with Crippen molar-refractivity contribution in [2.24, 2.45) is 16.8 Å². The van der Waals surface area contributed by atoms with E-state index < -0.39 is 11.6 Å². The summed E-state index contributed by atoms with van der Waals surface area (Å²) in [6.07, 6.45) is 2.47. The number of nitrogens with two attached hydrogens (primary N) is 1. The highest BCUT2D eigenvalue weighted by molar-refractivity contribution is 5.92. The first-order valence-electron chi connectivity index (χ1n) is 6.36. The molecule has 0 spiro atoms. The lowest BCUT2D eigenvalue weighted by Gasteiger charge is -2.38. The molecule has 0 radical (unpaired) electrons. The summed E-state index contributed by atoms with van der Waals surface area (Å²) in [6, 6.07) is 0. The predicted octanol–water partition coefficient (Wildman–Crippen LogP) is 1.82. The molecule has 0 bridgehead atoms. The van der Waals surface area contributed by atoms with Crippen molar-refractivity contribution in [3.05, 3.63) is 0 Å². The topological polar surface area (TPSA) is 96.9 Å². The number of amidine groups is 1. The van der Waals surface area contributed by atoms with Gasteiger partial charge in [0.1, 0.15) is 5.54 Å². The molecule has 1 fully saturated rings. The second-order valence-electron chi connectivity index (χ2n) is 5.33. The maximum atomic E-state index is 11.7. The Morgan fingerprint density at radius 1 is 1.50 bits per heavy atom. The monoisotopic (exact) mass is 257 g/mol. The van der Waals surface area contributed by atoms with Crippen molar-refractivity contribution in [1.82, 2.24) is 5.32 Å². The molecule has 0 unspecified atom stereocenters. The average Bonchev–Trinajstić information content (AvgIpc) is 2.30. The van der Waals surface area contributed by atoms with E-state index in [0.717, 1.165) is 12.8 Å². The van der Waals surface area contributed by atoms with Gasteiger partial charge in [0.15, 0.2) is 5.84 Å². The second kappa shape index (κ2) is 5.93. The van der Waals surface area contributed by atoms with Crippen LogP contribution in [-0.4, -0.2) is 28.8 Å². The molecule has 0 saturated heterocycles. The van der Waals surface area contributed by atoms with E-state index in [1.54, 1.807) is 13.8 Å². The van der Waals surface area contributed by atoms with Crippen LogP contribution in [0.3, 0.4) is 0 Å². The largest absolute Gasteiger partial charge is 0.447 e. The average molecular weight is 257 g/mol. The summed E-state index contributed by atoms with van der Waals surface area (Å²) in [6.45, 7) is 5.71. The Labute approximate surface area is 108 Å². The van der Waals surface area contributed by atoms with Crippen molar-refractivity contribution in [2.45, 2.75) is 58.1 Å². The van der Waals surface area contributed by atoms with Crippen LogP contribution < -0.4 is 11.1 Å². The zero-order chi connectivity index (χ0) is 13.8. The number of hydrogen-bond donors (Lipinski definition) is 3. The molecule has 104 valence electrons. The molecule has 0 aromatic heterocycles. The van der Waals surface area contributed by atoms with Crippen LogP contribution in [0.2, 0.25) is 0 Å². The van der Waals surface area contributed by atoms with Gasteiger partial charge in [0.25, 0.3) is 0 Å². The minimum atomic E-state index is -0.771. The van der Waals surface area contributed by atoms with Gasteiger partial charge >= 0.3 is 6.09 Å². The molecular formula is C12H23N3O3. The molecule has 0 heterocycles. The quantitative estimate of drug-likeness (QED) is 0.311. The Balaban J connectivity index is 2.76. The zero-order valence-corrected chi connectivity index (χ0v) is 11.3. The fraction of sp³-hybridized carbons (Fsp3) is 0.833. The van der Waals surface area contributed by atoms with Gasteiger partial charge in [0.2, 0.25) is 0 Å². The number of amides is 1. The van der Waals surface area contributed by atoms with E-state index in [4.69, 9.17) is 15.7 Å². The highest BCUT2D eigenvalue weighted by atomic mass is 16.6. The van der Waals surface area contributed by atoms with E-state index in [0.29, 0.717) is 18.8 Å². The molecular weight excluding hydrogens is 234 g/mol. The minimum Gasteiger partial charge on any atom is -0.447 e. The summed E-state index contributed by atoms with van der Waals surface area (Å²) in [5, 5.41) is 14.7. The number of nitrogens with one attached hydrogen (secondary N) is 1. The Kier molecular flexibility index (Phi) is 4.81. The molecule has 1 rings (SSSR count). The van der Waals surface area contributed by atoms with Gasteiger partial charge in [0.05, 0.1) is 6.10 Å². The summed E-state index contributed by atoms with van der Waals surface area (Å²) in [4.78, 5) is 11.7. The predicted molar refractivity (Wildman–Crippen MR) is 68.5 cm³/mol. The number of carbonyl (C=O) groups is 1. The van der Waals surface area contributed by atoms with Gasteiger partial charge in [-0.25, -0.2) is 4.79 Å². The SMILES string of the molecule is CC1CCC(NC(=O)OC(C)C)(C(N)=NO)CC1. The van der Waals surface area contributed by atoms with Crippen LogP contribution >= 0.6 is 0 Å². The summed E-state index contributed by atoms with van der Waals surface area (Å²) in [7, 11) is 0. The summed E-state index contributed by atoms with van der Waals surface area (Å²) in [5.41, 5.74) is 4.97. The van der Waals surface area contributed by atoms with E-state index in [9.17, 15) is 4.79 Å². The van der Waals surface area contributed by atoms with Gasteiger partial charge in [-0.2, -0.15) is 0 Å². The third-order valence-corrected chi connectivity index (χ3v) is 3.41. The third kappa shape index (κ3) is 3.51. The number of nitrogens with zero attached hydrogens (tertiary/aromatic N) is 1. The van der Waals surface area contributed by atoms with Crippen LogP contribution in [0.5, 0.6) is 0 Å². The van der Waals surface area contributed by atoms with Gasteiger partial charge in [-0.3, -0.25) is 0 Å². The number of oxime groups is 1. The van der Waals surface area contributed by atoms with E-state index in [2.05, 4.69) is 17.4 Å². The van der Waals surface area contributed by atoms with Gasteiger partial charge in [0, 0.05) is 0 Å². The number of alkyl carbamates (subject to hydrolysis) is 1.